The highest BCUT2D eigenvalue weighted by Crippen LogP contribution is 2.22. The van der Waals surface area contributed by atoms with E-state index in [1.165, 1.54) is 11.1 Å². The minimum absolute atomic E-state index is 0.0977. The number of carbonyl (C=O) groups excluding carboxylic acids is 1. The largest absolute Gasteiger partial charge is 0.383 e. The molecule has 0 atom stereocenters. The SMILES string of the molecule is COCCN(C)c1ccc(C(=O)N2CCN(c3nc(C)c(C)cc3C)CC2)cc1. The number of piperazine rings is 1. The van der Waals surface area contributed by atoms with Gasteiger partial charge >= 0.3 is 0 Å². The van der Waals surface area contributed by atoms with Crippen molar-refractivity contribution in [3.63, 3.8) is 0 Å². The van der Waals surface area contributed by atoms with E-state index >= 15 is 0 Å². The maximum atomic E-state index is 12.9. The molecule has 1 aliphatic rings. The molecule has 1 aromatic carbocycles. The van der Waals surface area contributed by atoms with E-state index in [1.54, 1.807) is 7.11 Å². The van der Waals surface area contributed by atoms with Crippen molar-refractivity contribution in [1.29, 1.82) is 0 Å². The van der Waals surface area contributed by atoms with E-state index in [2.05, 4.69) is 36.6 Å². The van der Waals surface area contributed by atoms with Gasteiger partial charge in [0.05, 0.1) is 6.61 Å². The Morgan fingerprint density at radius 1 is 1.07 bits per heavy atom. The average molecular weight is 397 g/mol. The maximum Gasteiger partial charge on any atom is 0.253 e. The van der Waals surface area contributed by atoms with Gasteiger partial charge in [-0.15, -0.1) is 0 Å². The summed E-state index contributed by atoms with van der Waals surface area (Å²) in [4.78, 5) is 24.1. The highest BCUT2D eigenvalue weighted by molar-refractivity contribution is 5.94. The zero-order chi connectivity index (χ0) is 21.0. The second-order valence-electron chi connectivity index (χ2n) is 7.77. The van der Waals surface area contributed by atoms with Crippen LogP contribution in [0, 0.1) is 20.8 Å². The number of rotatable bonds is 6. The first-order chi connectivity index (χ1) is 13.9. The highest BCUT2D eigenvalue weighted by atomic mass is 16.5. The number of hydrogen-bond acceptors (Lipinski definition) is 5. The van der Waals surface area contributed by atoms with Crippen molar-refractivity contribution in [1.82, 2.24) is 9.88 Å². The van der Waals surface area contributed by atoms with E-state index in [0.717, 1.165) is 42.4 Å². The van der Waals surface area contributed by atoms with E-state index in [-0.39, 0.29) is 5.91 Å². The van der Waals surface area contributed by atoms with Gasteiger partial charge in [0, 0.05) is 63.8 Å². The van der Waals surface area contributed by atoms with Crippen molar-refractivity contribution < 1.29 is 9.53 Å². The van der Waals surface area contributed by atoms with Crippen LogP contribution in [-0.2, 0) is 4.74 Å². The number of hydrogen-bond donors (Lipinski definition) is 0. The molecule has 0 N–H and O–H groups in total. The third kappa shape index (κ3) is 4.88. The van der Waals surface area contributed by atoms with Crippen molar-refractivity contribution in [2.24, 2.45) is 0 Å². The number of aryl methyl sites for hydroxylation is 3. The molecule has 0 bridgehead atoms. The summed E-state index contributed by atoms with van der Waals surface area (Å²) in [5.74, 6) is 1.14. The Labute approximate surface area is 174 Å². The number of likely N-dealkylation sites (N-methyl/N-ethyl adjacent to an activating group) is 1. The molecular formula is C23H32N4O2. The van der Waals surface area contributed by atoms with Crippen LogP contribution in [0.5, 0.6) is 0 Å². The second kappa shape index (κ2) is 9.27. The number of ether oxygens (including phenoxy) is 1. The lowest BCUT2D eigenvalue weighted by atomic mass is 10.1. The molecule has 2 aromatic rings. The van der Waals surface area contributed by atoms with Crippen LogP contribution < -0.4 is 9.80 Å². The Balaban J connectivity index is 1.61. The lowest BCUT2D eigenvalue weighted by Crippen LogP contribution is -2.49. The van der Waals surface area contributed by atoms with Crippen LogP contribution in [-0.4, -0.2) is 69.3 Å². The zero-order valence-electron chi connectivity index (χ0n) is 18.2. The molecule has 2 heterocycles. The van der Waals surface area contributed by atoms with E-state index in [4.69, 9.17) is 9.72 Å². The van der Waals surface area contributed by atoms with Gasteiger partial charge in [0.15, 0.2) is 0 Å². The maximum absolute atomic E-state index is 12.9. The topological polar surface area (TPSA) is 48.9 Å². The Morgan fingerprint density at radius 2 is 1.72 bits per heavy atom. The van der Waals surface area contributed by atoms with Crippen LogP contribution in [0.15, 0.2) is 30.3 Å². The van der Waals surface area contributed by atoms with Crippen LogP contribution in [0.4, 0.5) is 11.5 Å². The molecular weight excluding hydrogens is 364 g/mol. The summed E-state index contributed by atoms with van der Waals surface area (Å²) in [6.45, 7) is 10.8. The molecule has 0 aliphatic carbocycles. The van der Waals surface area contributed by atoms with Crippen LogP contribution in [0.1, 0.15) is 27.2 Å². The summed E-state index contributed by atoms with van der Waals surface area (Å²) in [5, 5.41) is 0. The molecule has 0 radical (unpaired) electrons. The molecule has 0 saturated carbocycles. The van der Waals surface area contributed by atoms with Crippen molar-refractivity contribution in [3.8, 4) is 0 Å². The Morgan fingerprint density at radius 3 is 2.34 bits per heavy atom. The molecule has 3 rings (SSSR count). The Hall–Kier alpha value is -2.60. The smallest absolute Gasteiger partial charge is 0.253 e. The molecule has 1 amide bonds. The number of nitrogens with zero attached hydrogens (tertiary/aromatic N) is 4. The molecule has 156 valence electrons. The van der Waals surface area contributed by atoms with Crippen LogP contribution in [0.2, 0.25) is 0 Å². The molecule has 1 aromatic heterocycles. The van der Waals surface area contributed by atoms with Gasteiger partial charge in [-0.1, -0.05) is 6.07 Å². The van der Waals surface area contributed by atoms with Crippen LogP contribution in [0.3, 0.4) is 0 Å². The lowest BCUT2D eigenvalue weighted by molar-refractivity contribution is 0.0746. The van der Waals surface area contributed by atoms with Gasteiger partial charge in [0.25, 0.3) is 5.91 Å². The van der Waals surface area contributed by atoms with E-state index < -0.39 is 0 Å². The van der Waals surface area contributed by atoms with Gasteiger partial charge in [0.1, 0.15) is 5.82 Å². The van der Waals surface area contributed by atoms with E-state index in [0.29, 0.717) is 19.7 Å². The van der Waals surface area contributed by atoms with Gasteiger partial charge in [-0.3, -0.25) is 4.79 Å². The molecule has 1 saturated heterocycles. The first-order valence-corrected chi connectivity index (χ1v) is 10.2. The van der Waals surface area contributed by atoms with E-state index in [9.17, 15) is 4.79 Å². The monoisotopic (exact) mass is 396 g/mol. The predicted molar refractivity (Wildman–Crippen MR) is 118 cm³/mol. The summed E-state index contributed by atoms with van der Waals surface area (Å²) < 4.78 is 5.12. The molecule has 1 fully saturated rings. The molecule has 29 heavy (non-hydrogen) atoms. The number of methoxy groups -OCH3 is 1. The van der Waals surface area contributed by atoms with Gasteiger partial charge in [-0.2, -0.15) is 0 Å². The molecule has 0 unspecified atom stereocenters. The minimum Gasteiger partial charge on any atom is -0.383 e. The third-order valence-corrected chi connectivity index (χ3v) is 5.68. The fourth-order valence-corrected chi connectivity index (χ4v) is 3.67. The van der Waals surface area contributed by atoms with Crippen molar-refractivity contribution in [2.75, 3.05) is 63.3 Å². The minimum atomic E-state index is 0.0977. The fraction of sp³-hybridized carbons (Fsp3) is 0.478. The van der Waals surface area contributed by atoms with Gasteiger partial charge < -0.3 is 19.4 Å². The molecule has 6 nitrogen and oxygen atoms in total. The normalized spacial score (nSPS) is 14.2. The van der Waals surface area contributed by atoms with Gasteiger partial charge in [-0.05, 0) is 56.2 Å². The summed E-state index contributed by atoms with van der Waals surface area (Å²) in [7, 11) is 3.73. The van der Waals surface area contributed by atoms with Gasteiger partial charge in [-0.25, -0.2) is 4.98 Å². The quantitative estimate of drug-likeness (QED) is 0.751. The third-order valence-electron chi connectivity index (χ3n) is 5.68. The summed E-state index contributed by atoms with van der Waals surface area (Å²) in [6, 6.07) is 10.0. The Bertz CT molecular complexity index is 843. The van der Waals surface area contributed by atoms with E-state index in [1.807, 2.05) is 36.2 Å². The average Bonchev–Trinajstić information content (AvgIpc) is 2.74. The number of benzene rings is 1. The zero-order valence-corrected chi connectivity index (χ0v) is 18.2. The fourth-order valence-electron chi connectivity index (χ4n) is 3.67. The number of aromatic nitrogens is 1. The first-order valence-electron chi connectivity index (χ1n) is 10.2. The number of amides is 1. The summed E-state index contributed by atoms with van der Waals surface area (Å²) in [5.41, 5.74) is 5.31. The standard InChI is InChI=1S/C23H32N4O2/c1-17-16-18(2)22(24-19(17)3)26-10-12-27(13-11-26)23(28)20-6-8-21(9-7-20)25(4)14-15-29-5/h6-9,16H,10-15H2,1-5H3. The van der Waals surface area contributed by atoms with Crippen molar-refractivity contribution >= 4 is 17.4 Å². The molecule has 0 spiro atoms. The summed E-state index contributed by atoms with van der Waals surface area (Å²) >= 11 is 0. The predicted octanol–water partition coefficient (Wildman–Crippen LogP) is 3.05. The number of anilines is 2. The number of pyridine rings is 1. The van der Waals surface area contributed by atoms with Crippen LogP contribution in [0.25, 0.3) is 0 Å². The molecule has 6 heteroatoms. The lowest BCUT2D eigenvalue weighted by Gasteiger charge is -2.36. The molecule has 1 aliphatic heterocycles. The van der Waals surface area contributed by atoms with Crippen LogP contribution >= 0.6 is 0 Å². The second-order valence-corrected chi connectivity index (χ2v) is 7.77. The first kappa shape index (κ1) is 21.1. The van der Waals surface area contributed by atoms with Crippen molar-refractivity contribution in [2.45, 2.75) is 20.8 Å². The van der Waals surface area contributed by atoms with Crippen molar-refractivity contribution in [3.05, 3.63) is 52.7 Å². The number of carbonyl (C=O) groups is 1. The Kier molecular flexibility index (Phi) is 6.75. The van der Waals surface area contributed by atoms with Gasteiger partial charge in [0.2, 0.25) is 0 Å². The summed E-state index contributed by atoms with van der Waals surface area (Å²) in [6.07, 6.45) is 0. The highest BCUT2D eigenvalue weighted by Gasteiger charge is 2.24.